The fourth-order valence-electron chi connectivity index (χ4n) is 2.25. The van der Waals surface area contributed by atoms with Gasteiger partial charge in [-0.15, -0.1) is 0 Å². The Hall–Kier alpha value is -2.08. The Morgan fingerprint density at radius 1 is 1.40 bits per heavy atom. The molecule has 0 radical (unpaired) electrons. The largest absolute Gasteiger partial charge is 0.326 e. The van der Waals surface area contributed by atoms with E-state index in [0.717, 1.165) is 35.0 Å². The molecule has 1 aromatic carbocycles. The molecule has 1 aliphatic heterocycles. The number of nitrogens with one attached hydrogen (secondary N) is 1. The lowest BCUT2D eigenvalue weighted by Gasteiger charge is -2.04. The Morgan fingerprint density at radius 3 is 2.80 bits per heavy atom. The van der Waals surface area contributed by atoms with Crippen LogP contribution in [-0.2, 0) is 11.3 Å². The Bertz CT molecular complexity index is 676. The first-order valence-corrected chi connectivity index (χ1v) is 7.24. The predicted molar refractivity (Wildman–Crippen MR) is 78.1 cm³/mol. The Labute approximate surface area is 120 Å². The molecule has 1 amide bonds. The number of fused-ring (bicyclic) bond motifs is 1. The van der Waals surface area contributed by atoms with Crippen molar-refractivity contribution in [3.05, 3.63) is 30.0 Å². The van der Waals surface area contributed by atoms with Crippen LogP contribution in [0.15, 0.2) is 29.4 Å². The number of imidazole rings is 1. The van der Waals surface area contributed by atoms with E-state index in [2.05, 4.69) is 10.3 Å². The summed E-state index contributed by atoms with van der Waals surface area (Å²) in [7, 11) is 0. The van der Waals surface area contributed by atoms with E-state index in [1.165, 1.54) is 6.92 Å². The topological polar surface area (TPSA) is 64.0 Å². The van der Waals surface area contributed by atoms with Gasteiger partial charge in [-0.25, -0.2) is 4.98 Å². The smallest absolute Gasteiger partial charge is 0.221 e. The average Bonchev–Trinajstić information content (AvgIpc) is 2.98. The standard InChI is InChI=1S/C14H13N3O2S/c1-9(19)15-11-4-2-10(3-5-11)13-12(8-18)17-6-7-20-14(17)16-13/h2-5,8H,6-7H2,1H3,(H,15,19). The molecule has 3 rings (SSSR count). The van der Waals surface area contributed by atoms with Crippen LogP contribution in [0, 0.1) is 0 Å². The van der Waals surface area contributed by atoms with Crippen molar-refractivity contribution in [2.75, 3.05) is 11.1 Å². The zero-order valence-corrected chi connectivity index (χ0v) is 11.7. The van der Waals surface area contributed by atoms with E-state index < -0.39 is 0 Å². The molecule has 0 aliphatic carbocycles. The number of aromatic nitrogens is 2. The van der Waals surface area contributed by atoms with Crippen molar-refractivity contribution in [3.63, 3.8) is 0 Å². The molecule has 102 valence electrons. The number of hydrogen-bond donors (Lipinski definition) is 1. The second kappa shape index (κ2) is 5.13. The summed E-state index contributed by atoms with van der Waals surface area (Å²) in [5.41, 5.74) is 2.94. The third-order valence-electron chi connectivity index (χ3n) is 3.11. The van der Waals surface area contributed by atoms with E-state index in [1.54, 1.807) is 11.8 Å². The number of benzene rings is 1. The Morgan fingerprint density at radius 2 is 2.15 bits per heavy atom. The SMILES string of the molecule is CC(=O)Nc1ccc(-c2nc3n(c2C=O)CCS3)cc1. The Kier molecular flexibility index (Phi) is 3.31. The predicted octanol–water partition coefficient (Wildman–Crippen LogP) is 2.43. The van der Waals surface area contributed by atoms with E-state index in [-0.39, 0.29) is 5.91 Å². The lowest BCUT2D eigenvalue weighted by Crippen LogP contribution is -2.05. The maximum Gasteiger partial charge on any atom is 0.221 e. The molecule has 20 heavy (non-hydrogen) atoms. The fourth-order valence-corrected chi connectivity index (χ4v) is 3.20. The van der Waals surface area contributed by atoms with E-state index in [1.807, 2.05) is 28.8 Å². The summed E-state index contributed by atoms with van der Waals surface area (Å²) < 4.78 is 1.95. The van der Waals surface area contributed by atoms with E-state index in [0.29, 0.717) is 11.4 Å². The molecule has 1 aromatic heterocycles. The van der Waals surface area contributed by atoms with Crippen LogP contribution < -0.4 is 5.32 Å². The van der Waals surface area contributed by atoms with Gasteiger partial charge in [-0.2, -0.15) is 0 Å². The molecule has 1 N–H and O–H groups in total. The second-order valence-electron chi connectivity index (χ2n) is 4.50. The van der Waals surface area contributed by atoms with Crippen LogP contribution in [0.5, 0.6) is 0 Å². The van der Waals surface area contributed by atoms with Crippen LogP contribution in [0.25, 0.3) is 11.3 Å². The van der Waals surface area contributed by atoms with Crippen LogP contribution in [0.1, 0.15) is 17.4 Å². The van der Waals surface area contributed by atoms with Crippen molar-refractivity contribution in [1.82, 2.24) is 9.55 Å². The summed E-state index contributed by atoms with van der Waals surface area (Å²) in [6.07, 6.45) is 0.861. The number of thioether (sulfide) groups is 1. The van der Waals surface area contributed by atoms with Gasteiger partial charge in [-0.1, -0.05) is 23.9 Å². The van der Waals surface area contributed by atoms with E-state index in [9.17, 15) is 9.59 Å². The first-order chi connectivity index (χ1) is 9.69. The molecular formula is C14H13N3O2S. The minimum absolute atomic E-state index is 0.108. The molecule has 0 fully saturated rings. The molecule has 5 nitrogen and oxygen atoms in total. The maximum absolute atomic E-state index is 11.3. The van der Waals surface area contributed by atoms with Crippen LogP contribution in [0.3, 0.4) is 0 Å². The molecule has 0 saturated heterocycles. The molecular weight excluding hydrogens is 274 g/mol. The van der Waals surface area contributed by atoms with Crippen molar-refractivity contribution >= 4 is 29.6 Å². The summed E-state index contributed by atoms with van der Waals surface area (Å²) in [6.45, 7) is 2.29. The van der Waals surface area contributed by atoms with E-state index in [4.69, 9.17) is 0 Å². The van der Waals surface area contributed by atoms with Crippen molar-refractivity contribution < 1.29 is 9.59 Å². The second-order valence-corrected chi connectivity index (χ2v) is 5.57. The molecule has 0 spiro atoms. The van der Waals surface area contributed by atoms with Crippen molar-refractivity contribution in [1.29, 1.82) is 0 Å². The highest BCUT2D eigenvalue weighted by molar-refractivity contribution is 7.99. The average molecular weight is 287 g/mol. The number of hydrogen-bond acceptors (Lipinski definition) is 4. The normalized spacial score (nSPS) is 13.1. The number of amides is 1. The number of rotatable bonds is 3. The first kappa shape index (κ1) is 12.9. The quantitative estimate of drug-likeness (QED) is 0.881. The van der Waals surface area contributed by atoms with Gasteiger partial charge in [0.15, 0.2) is 11.4 Å². The zero-order valence-electron chi connectivity index (χ0n) is 10.9. The number of nitrogens with zero attached hydrogens (tertiary/aromatic N) is 2. The number of anilines is 1. The third kappa shape index (κ3) is 2.22. The van der Waals surface area contributed by atoms with Crippen LogP contribution >= 0.6 is 11.8 Å². The molecule has 0 bridgehead atoms. The van der Waals surface area contributed by atoms with Gasteiger partial charge in [0, 0.05) is 30.5 Å². The van der Waals surface area contributed by atoms with Crippen molar-refractivity contribution in [2.24, 2.45) is 0 Å². The number of carbonyl (C=O) groups excluding carboxylic acids is 2. The summed E-state index contributed by atoms with van der Waals surface area (Å²) in [6, 6.07) is 7.34. The Balaban J connectivity index is 1.97. The lowest BCUT2D eigenvalue weighted by molar-refractivity contribution is -0.114. The van der Waals surface area contributed by atoms with Gasteiger partial charge in [-0.3, -0.25) is 9.59 Å². The van der Waals surface area contributed by atoms with Gasteiger partial charge in [0.05, 0.1) is 0 Å². The minimum atomic E-state index is -0.108. The highest BCUT2D eigenvalue weighted by atomic mass is 32.2. The zero-order chi connectivity index (χ0) is 14.1. The van der Waals surface area contributed by atoms with Gasteiger partial charge in [0.2, 0.25) is 5.91 Å². The van der Waals surface area contributed by atoms with Gasteiger partial charge in [-0.05, 0) is 12.1 Å². The van der Waals surface area contributed by atoms with Crippen LogP contribution in [0.2, 0.25) is 0 Å². The third-order valence-corrected chi connectivity index (χ3v) is 4.06. The minimum Gasteiger partial charge on any atom is -0.326 e. The molecule has 2 aromatic rings. The molecule has 1 aliphatic rings. The van der Waals surface area contributed by atoms with Gasteiger partial charge in [0.25, 0.3) is 0 Å². The van der Waals surface area contributed by atoms with Gasteiger partial charge in [0.1, 0.15) is 11.4 Å². The molecule has 0 unspecified atom stereocenters. The highest BCUT2D eigenvalue weighted by Crippen LogP contribution is 2.32. The fraction of sp³-hybridized carbons (Fsp3) is 0.214. The summed E-state index contributed by atoms with van der Waals surface area (Å²) in [5, 5.41) is 3.61. The molecule has 6 heteroatoms. The highest BCUT2D eigenvalue weighted by Gasteiger charge is 2.22. The lowest BCUT2D eigenvalue weighted by atomic mass is 10.1. The monoisotopic (exact) mass is 287 g/mol. The summed E-state index contributed by atoms with van der Waals surface area (Å²) in [4.78, 5) is 26.8. The maximum atomic E-state index is 11.3. The number of carbonyl (C=O) groups is 2. The van der Waals surface area contributed by atoms with Gasteiger partial charge >= 0.3 is 0 Å². The first-order valence-electron chi connectivity index (χ1n) is 6.25. The molecule has 0 atom stereocenters. The van der Waals surface area contributed by atoms with E-state index >= 15 is 0 Å². The molecule has 0 saturated carbocycles. The van der Waals surface area contributed by atoms with Crippen LogP contribution in [0.4, 0.5) is 5.69 Å². The number of aldehydes is 1. The molecule has 2 heterocycles. The summed E-state index contributed by atoms with van der Waals surface area (Å²) in [5.74, 6) is 0.856. The summed E-state index contributed by atoms with van der Waals surface area (Å²) >= 11 is 1.66. The van der Waals surface area contributed by atoms with Crippen molar-refractivity contribution in [3.8, 4) is 11.3 Å². The van der Waals surface area contributed by atoms with Crippen molar-refractivity contribution in [2.45, 2.75) is 18.6 Å². The van der Waals surface area contributed by atoms with Crippen LogP contribution in [-0.4, -0.2) is 27.5 Å². The van der Waals surface area contributed by atoms with Gasteiger partial charge < -0.3 is 9.88 Å².